The molecule has 1 aromatic carbocycles. The second-order valence-corrected chi connectivity index (χ2v) is 2.59. The second-order valence-electron chi connectivity index (χ2n) is 2.59. The van der Waals surface area contributed by atoms with Crippen molar-refractivity contribution in [3.05, 3.63) is 30.3 Å². The number of hydrogen-bond acceptors (Lipinski definition) is 3. The first-order valence-corrected chi connectivity index (χ1v) is 3.62. The normalized spacial score (nSPS) is 13.0. The lowest BCUT2D eigenvalue weighted by Crippen LogP contribution is -1.93. The first-order valence-electron chi connectivity index (χ1n) is 3.62. The Morgan fingerprint density at radius 2 is 2.08 bits per heavy atom. The maximum absolute atomic E-state index is 5.52. The third-order valence-corrected chi connectivity index (χ3v) is 1.74. The zero-order chi connectivity index (χ0) is 8.55. The molecule has 62 valence electrons. The van der Waals surface area contributed by atoms with E-state index in [0.717, 1.165) is 17.1 Å². The van der Waals surface area contributed by atoms with Gasteiger partial charge >= 0.3 is 0 Å². The van der Waals surface area contributed by atoms with Crippen molar-refractivity contribution in [1.82, 2.24) is 0 Å². The van der Waals surface area contributed by atoms with Crippen LogP contribution in [0.1, 0.15) is 5.56 Å². The van der Waals surface area contributed by atoms with Crippen molar-refractivity contribution in [2.45, 2.75) is 0 Å². The van der Waals surface area contributed by atoms with Gasteiger partial charge in [-0.1, -0.05) is 6.58 Å². The van der Waals surface area contributed by atoms with E-state index in [9.17, 15) is 0 Å². The average Bonchev–Trinajstić information content (AvgIpc) is 2.49. The maximum atomic E-state index is 5.52. The Bertz CT molecular complexity index is 333. The van der Waals surface area contributed by atoms with Crippen LogP contribution in [0.2, 0.25) is 0 Å². The van der Waals surface area contributed by atoms with Gasteiger partial charge in [-0.15, -0.1) is 0 Å². The van der Waals surface area contributed by atoms with Crippen LogP contribution in [-0.4, -0.2) is 6.79 Å². The van der Waals surface area contributed by atoms with E-state index in [4.69, 9.17) is 15.2 Å². The lowest BCUT2D eigenvalue weighted by atomic mass is 10.1. The van der Waals surface area contributed by atoms with Crippen LogP contribution in [-0.2, 0) is 0 Å². The van der Waals surface area contributed by atoms with E-state index in [-0.39, 0.29) is 6.79 Å². The average molecular weight is 163 g/mol. The Morgan fingerprint density at radius 1 is 1.33 bits per heavy atom. The Morgan fingerprint density at radius 3 is 2.83 bits per heavy atom. The van der Waals surface area contributed by atoms with Crippen LogP contribution >= 0.6 is 0 Å². The van der Waals surface area contributed by atoms with Crippen molar-refractivity contribution >= 4 is 5.70 Å². The van der Waals surface area contributed by atoms with Gasteiger partial charge in [-0.2, -0.15) is 0 Å². The second kappa shape index (κ2) is 2.44. The molecule has 1 aliphatic heterocycles. The number of nitrogens with two attached hydrogens (primary N) is 1. The van der Waals surface area contributed by atoms with Gasteiger partial charge < -0.3 is 15.2 Å². The largest absolute Gasteiger partial charge is 0.454 e. The van der Waals surface area contributed by atoms with Crippen molar-refractivity contribution < 1.29 is 9.47 Å². The van der Waals surface area contributed by atoms with E-state index >= 15 is 0 Å². The van der Waals surface area contributed by atoms with Gasteiger partial charge in [0.2, 0.25) is 6.79 Å². The van der Waals surface area contributed by atoms with Crippen LogP contribution < -0.4 is 15.2 Å². The van der Waals surface area contributed by atoms with Crippen LogP contribution in [0.3, 0.4) is 0 Å². The molecule has 0 spiro atoms. The first-order chi connectivity index (χ1) is 5.77. The quantitative estimate of drug-likeness (QED) is 0.679. The van der Waals surface area contributed by atoms with Crippen LogP contribution in [0.5, 0.6) is 11.5 Å². The predicted octanol–water partition coefficient (Wildman–Crippen LogP) is 1.34. The van der Waals surface area contributed by atoms with Gasteiger partial charge in [-0.3, -0.25) is 0 Å². The van der Waals surface area contributed by atoms with Crippen LogP contribution in [0.4, 0.5) is 0 Å². The summed E-state index contributed by atoms with van der Waals surface area (Å²) < 4.78 is 10.3. The van der Waals surface area contributed by atoms with Gasteiger partial charge in [0, 0.05) is 11.3 Å². The zero-order valence-electron chi connectivity index (χ0n) is 6.54. The maximum Gasteiger partial charge on any atom is 0.231 e. The Labute approximate surface area is 70.4 Å². The van der Waals surface area contributed by atoms with Crippen LogP contribution in [0, 0.1) is 0 Å². The molecule has 0 bridgehead atoms. The molecule has 12 heavy (non-hydrogen) atoms. The monoisotopic (exact) mass is 163 g/mol. The molecule has 0 unspecified atom stereocenters. The van der Waals surface area contributed by atoms with Crippen LogP contribution in [0.25, 0.3) is 5.70 Å². The van der Waals surface area contributed by atoms with E-state index in [1.165, 1.54) is 0 Å². The fourth-order valence-electron chi connectivity index (χ4n) is 1.10. The van der Waals surface area contributed by atoms with Crippen LogP contribution in [0.15, 0.2) is 24.8 Å². The summed E-state index contributed by atoms with van der Waals surface area (Å²) >= 11 is 0. The molecule has 3 heteroatoms. The summed E-state index contributed by atoms with van der Waals surface area (Å²) in [5, 5.41) is 0. The van der Waals surface area contributed by atoms with E-state index < -0.39 is 0 Å². The molecule has 0 saturated heterocycles. The van der Waals surface area contributed by atoms with Gasteiger partial charge in [0.1, 0.15) is 0 Å². The lowest BCUT2D eigenvalue weighted by Gasteiger charge is -2.00. The first kappa shape index (κ1) is 7.03. The molecule has 1 aromatic rings. The molecule has 2 rings (SSSR count). The molecule has 0 radical (unpaired) electrons. The predicted molar refractivity (Wildman–Crippen MR) is 45.8 cm³/mol. The third kappa shape index (κ3) is 0.993. The molecule has 1 heterocycles. The summed E-state index contributed by atoms with van der Waals surface area (Å²) in [6.07, 6.45) is 0. The lowest BCUT2D eigenvalue weighted by molar-refractivity contribution is 0.174. The third-order valence-electron chi connectivity index (χ3n) is 1.74. The fraction of sp³-hybridized carbons (Fsp3) is 0.111. The Kier molecular flexibility index (Phi) is 1.43. The van der Waals surface area contributed by atoms with Gasteiger partial charge in [-0.25, -0.2) is 0 Å². The van der Waals surface area contributed by atoms with Crippen molar-refractivity contribution in [1.29, 1.82) is 0 Å². The number of ether oxygens (including phenoxy) is 2. The van der Waals surface area contributed by atoms with Gasteiger partial charge in [0.05, 0.1) is 0 Å². The highest BCUT2D eigenvalue weighted by Crippen LogP contribution is 2.33. The minimum atomic E-state index is 0.288. The molecular formula is C9H9NO2. The molecule has 0 saturated carbocycles. The minimum absolute atomic E-state index is 0.288. The molecule has 0 fully saturated rings. The number of fused-ring (bicyclic) bond motifs is 1. The molecule has 0 aromatic heterocycles. The van der Waals surface area contributed by atoms with Crippen molar-refractivity contribution in [3.8, 4) is 11.5 Å². The van der Waals surface area contributed by atoms with Gasteiger partial charge in [0.25, 0.3) is 0 Å². The topological polar surface area (TPSA) is 44.5 Å². The Hall–Kier alpha value is -1.64. The highest BCUT2D eigenvalue weighted by atomic mass is 16.7. The van der Waals surface area contributed by atoms with E-state index in [1.807, 2.05) is 18.2 Å². The van der Waals surface area contributed by atoms with Crippen molar-refractivity contribution in [2.75, 3.05) is 6.79 Å². The summed E-state index contributed by atoms with van der Waals surface area (Å²) in [7, 11) is 0. The number of benzene rings is 1. The van der Waals surface area contributed by atoms with E-state index in [2.05, 4.69) is 6.58 Å². The molecule has 0 atom stereocenters. The molecule has 2 N–H and O–H groups in total. The summed E-state index contributed by atoms with van der Waals surface area (Å²) in [6, 6.07) is 5.51. The summed E-state index contributed by atoms with van der Waals surface area (Å²) in [6.45, 7) is 3.92. The van der Waals surface area contributed by atoms with Gasteiger partial charge in [-0.05, 0) is 18.2 Å². The standard InChI is InChI=1S/C9H9NO2/c1-6(10)7-2-3-8-9(4-7)12-5-11-8/h2-4H,1,5,10H2. The summed E-state index contributed by atoms with van der Waals surface area (Å²) in [4.78, 5) is 0. The molecule has 3 nitrogen and oxygen atoms in total. The van der Waals surface area contributed by atoms with E-state index in [0.29, 0.717) is 5.70 Å². The zero-order valence-corrected chi connectivity index (χ0v) is 6.54. The summed E-state index contributed by atoms with van der Waals surface area (Å²) in [5.74, 6) is 1.50. The van der Waals surface area contributed by atoms with E-state index in [1.54, 1.807) is 0 Å². The Balaban J connectivity index is 2.45. The SMILES string of the molecule is C=C(N)c1ccc2c(c1)OCO2. The number of hydrogen-bond donors (Lipinski definition) is 1. The molecule has 0 amide bonds. The van der Waals surface area contributed by atoms with Crippen molar-refractivity contribution in [2.24, 2.45) is 5.73 Å². The molecular weight excluding hydrogens is 154 g/mol. The number of rotatable bonds is 1. The fourth-order valence-corrected chi connectivity index (χ4v) is 1.10. The van der Waals surface area contributed by atoms with Crippen molar-refractivity contribution in [3.63, 3.8) is 0 Å². The smallest absolute Gasteiger partial charge is 0.231 e. The minimum Gasteiger partial charge on any atom is -0.454 e. The summed E-state index contributed by atoms with van der Waals surface area (Å²) in [5.41, 5.74) is 6.93. The molecule has 0 aliphatic carbocycles. The highest BCUT2D eigenvalue weighted by Gasteiger charge is 2.12. The highest BCUT2D eigenvalue weighted by molar-refractivity contribution is 5.63. The van der Waals surface area contributed by atoms with Gasteiger partial charge in [0.15, 0.2) is 11.5 Å². The molecule has 1 aliphatic rings.